The van der Waals surface area contributed by atoms with Crippen LogP contribution in [0.25, 0.3) is 0 Å². The molecular weight excluding hydrogens is 302 g/mol. The molecule has 4 rings (SSSR count). The molecule has 2 aromatic heterocycles. The number of amides is 1. The van der Waals surface area contributed by atoms with Crippen molar-refractivity contribution in [3.8, 4) is 0 Å². The van der Waals surface area contributed by atoms with Gasteiger partial charge in [-0.25, -0.2) is 4.98 Å². The fourth-order valence-electron chi connectivity index (χ4n) is 3.74. The molecule has 1 amide bonds. The topological polar surface area (TPSA) is 65.1 Å². The molecule has 1 N–H and O–H groups in total. The number of carbonyl (C=O) groups is 1. The molecule has 0 aromatic carbocycles. The van der Waals surface area contributed by atoms with Crippen LogP contribution in [0, 0.1) is 5.92 Å². The lowest BCUT2D eigenvalue weighted by Gasteiger charge is -2.37. The minimum absolute atomic E-state index is 0.115. The van der Waals surface area contributed by atoms with E-state index in [9.17, 15) is 4.79 Å². The highest BCUT2D eigenvalue weighted by molar-refractivity contribution is 5.79. The minimum Gasteiger partial charge on any atom is -0.348 e. The van der Waals surface area contributed by atoms with E-state index in [1.54, 1.807) is 6.33 Å². The number of piperazine rings is 1. The fourth-order valence-corrected chi connectivity index (χ4v) is 3.74. The van der Waals surface area contributed by atoms with E-state index in [0.29, 0.717) is 5.91 Å². The van der Waals surface area contributed by atoms with Gasteiger partial charge in [-0.05, 0) is 30.5 Å². The van der Waals surface area contributed by atoms with Crippen molar-refractivity contribution in [2.75, 3.05) is 26.2 Å². The molecule has 0 radical (unpaired) electrons. The smallest absolute Gasteiger partial charge is 0.226 e. The van der Waals surface area contributed by atoms with Gasteiger partial charge in [-0.3, -0.25) is 14.7 Å². The van der Waals surface area contributed by atoms with E-state index in [1.165, 1.54) is 5.56 Å². The Balaban J connectivity index is 1.30. The summed E-state index contributed by atoms with van der Waals surface area (Å²) >= 11 is 0. The monoisotopic (exact) mass is 325 g/mol. The first kappa shape index (κ1) is 15.3. The number of aromatic nitrogens is 3. The molecule has 24 heavy (non-hydrogen) atoms. The first-order valence-electron chi connectivity index (χ1n) is 8.71. The number of rotatable bonds is 3. The van der Waals surface area contributed by atoms with Crippen LogP contribution in [-0.2, 0) is 24.2 Å². The van der Waals surface area contributed by atoms with E-state index in [0.717, 1.165) is 63.4 Å². The van der Waals surface area contributed by atoms with Gasteiger partial charge >= 0.3 is 0 Å². The molecule has 1 aliphatic carbocycles. The van der Waals surface area contributed by atoms with Gasteiger partial charge in [0.1, 0.15) is 0 Å². The number of fused-ring (bicyclic) bond motifs is 1. The van der Waals surface area contributed by atoms with Gasteiger partial charge in [0, 0.05) is 63.2 Å². The highest BCUT2D eigenvalue weighted by Gasteiger charge is 2.31. The second-order valence-corrected chi connectivity index (χ2v) is 6.72. The first-order valence-corrected chi connectivity index (χ1v) is 8.71. The van der Waals surface area contributed by atoms with Gasteiger partial charge in [0.25, 0.3) is 0 Å². The van der Waals surface area contributed by atoms with Crippen molar-refractivity contribution < 1.29 is 4.79 Å². The highest BCUT2D eigenvalue weighted by Crippen LogP contribution is 2.25. The molecule has 126 valence electrons. The number of aromatic amines is 1. The molecule has 1 fully saturated rings. The van der Waals surface area contributed by atoms with Crippen molar-refractivity contribution in [1.29, 1.82) is 0 Å². The first-order chi connectivity index (χ1) is 11.8. The van der Waals surface area contributed by atoms with Crippen LogP contribution in [0.15, 0.2) is 30.9 Å². The van der Waals surface area contributed by atoms with Crippen LogP contribution in [0.5, 0.6) is 0 Å². The number of pyridine rings is 1. The predicted octanol–water partition coefficient (Wildman–Crippen LogP) is 1.25. The summed E-state index contributed by atoms with van der Waals surface area (Å²) in [7, 11) is 0. The molecule has 0 saturated carbocycles. The molecule has 3 heterocycles. The fraction of sp³-hybridized carbons (Fsp3) is 0.500. The molecule has 6 nitrogen and oxygen atoms in total. The number of nitrogens with one attached hydrogen (secondary N) is 1. The van der Waals surface area contributed by atoms with Gasteiger partial charge in [0.2, 0.25) is 5.91 Å². The van der Waals surface area contributed by atoms with Crippen LogP contribution in [0.3, 0.4) is 0 Å². The average Bonchev–Trinajstić information content (AvgIpc) is 3.10. The summed E-state index contributed by atoms with van der Waals surface area (Å²) in [6.07, 6.45) is 8.07. The number of aryl methyl sites for hydroxylation is 1. The Morgan fingerprint density at radius 1 is 1.21 bits per heavy atom. The maximum Gasteiger partial charge on any atom is 0.226 e. The molecule has 0 spiro atoms. The number of nitrogens with zero attached hydrogens (tertiary/aromatic N) is 4. The molecule has 1 saturated heterocycles. The Hall–Kier alpha value is -2.21. The third-order valence-electron chi connectivity index (χ3n) is 5.18. The number of imidazole rings is 1. The molecule has 1 unspecified atom stereocenters. The van der Waals surface area contributed by atoms with Crippen molar-refractivity contribution >= 4 is 5.91 Å². The molecule has 2 aromatic rings. The second kappa shape index (κ2) is 6.73. The Kier molecular flexibility index (Phi) is 4.30. The van der Waals surface area contributed by atoms with Crippen molar-refractivity contribution in [2.45, 2.75) is 25.8 Å². The van der Waals surface area contributed by atoms with Crippen LogP contribution in [0.4, 0.5) is 0 Å². The number of carbonyl (C=O) groups excluding carboxylic acids is 1. The van der Waals surface area contributed by atoms with E-state index in [-0.39, 0.29) is 5.92 Å². The zero-order valence-corrected chi connectivity index (χ0v) is 13.8. The molecular formula is C18H23N5O. The highest BCUT2D eigenvalue weighted by atomic mass is 16.2. The van der Waals surface area contributed by atoms with Crippen LogP contribution >= 0.6 is 0 Å². The molecule has 0 bridgehead atoms. The summed E-state index contributed by atoms with van der Waals surface area (Å²) in [6.45, 7) is 4.48. The molecule has 1 aliphatic heterocycles. The van der Waals surface area contributed by atoms with E-state index in [2.05, 4.69) is 36.9 Å². The minimum atomic E-state index is 0.115. The Morgan fingerprint density at radius 3 is 2.79 bits per heavy atom. The second-order valence-electron chi connectivity index (χ2n) is 6.72. The van der Waals surface area contributed by atoms with Gasteiger partial charge in [-0.2, -0.15) is 0 Å². The molecule has 2 aliphatic rings. The van der Waals surface area contributed by atoms with Crippen molar-refractivity contribution in [3.63, 3.8) is 0 Å². The number of H-pyrrole nitrogens is 1. The van der Waals surface area contributed by atoms with Crippen LogP contribution < -0.4 is 0 Å². The summed E-state index contributed by atoms with van der Waals surface area (Å²) in [6, 6.07) is 4.11. The lowest BCUT2D eigenvalue weighted by atomic mass is 9.88. The van der Waals surface area contributed by atoms with Gasteiger partial charge < -0.3 is 9.88 Å². The SMILES string of the molecule is O=C(C1CCc2nc[nH]c2C1)N1CCN(Cc2ccncc2)CC1. The number of hydrogen-bond acceptors (Lipinski definition) is 4. The lowest BCUT2D eigenvalue weighted by Crippen LogP contribution is -2.50. The van der Waals surface area contributed by atoms with Crippen LogP contribution in [0.2, 0.25) is 0 Å². The Bertz CT molecular complexity index is 690. The van der Waals surface area contributed by atoms with Crippen LogP contribution in [0.1, 0.15) is 23.4 Å². The van der Waals surface area contributed by atoms with Crippen molar-refractivity contribution in [3.05, 3.63) is 47.8 Å². The average molecular weight is 325 g/mol. The quantitative estimate of drug-likeness (QED) is 0.922. The van der Waals surface area contributed by atoms with E-state index >= 15 is 0 Å². The zero-order chi connectivity index (χ0) is 16.4. The van der Waals surface area contributed by atoms with Gasteiger partial charge in [-0.15, -0.1) is 0 Å². The van der Waals surface area contributed by atoms with E-state index in [4.69, 9.17) is 0 Å². The molecule has 6 heteroatoms. The lowest BCUT2D eigenvalue weighted by molar-refractivity contribution is -0.137. The van der Waals surface area contributed by atoms with Gasteiger partial charge in [0.15, 0.2) is 0 Å². The maximum absolute atomic E-state index is 12.8. The van der Waals surface area contributed by atoms with Gasteiger partial charge in [-0.1, -0.05) is 0 Å². The van der Waals surface area contributed by atoms with E-state index in [1.807, 2.05) is 12.4 Å². The summed E-state index contributed by atoms with van der Waals surface area (Å²) in [5.74, 6) is 0.434. The maximum atomic E-state index is 12.8. The Morgan fingerprint density at radius 2 is 2.00 bits per heavy atom. The van der Waals surface area contributed by atoms with Crippen LogP contribution in [-0.4, -0.2) is 56.8 Å². The Labute approximate surface area is 141 Å². The van der Waals surface area contributed by atoms with Crippen molar-refractivity contribution in [2.24, 2.45) is 5.92 Å². The van der Waals surface area contributed by atoms with Gasteiger partial charge in [0.05, 0.1) is 12.0 Å². The molecule has 1 atom stereocenters. The zero-order valence-electron chi connectivity index (χ0n) is 13.8. The summed E-state index contributed by atoms with van der Waals surface area (Å²) in [5, 5.41) is 0. The number of hydrogen-bond donors (Lipinski definition) is 1. The standard InChI is InChI=1S/C18H23N5O/c24-18(15-1-2-16-17(11-15)21-13-20-16)23-9-7-22(8-10-23)12-14-3-5-19-6-4-14/h3-6,13,15H,1-2,7-12H2,(H,20,21). The summed E-state index contributed by atoms with van der Waals surface area (Å²) in [4.78, 5) is 28.8. The third-order valence-corrected chi connectivity index (χ3v) is 5.18. The van der Waals surface area contributed by atoms with E-state index < -0.39 is 0 Å². The largest absolute Gasteiger partial charge is 0.348 e. The third kappa shape index (κ3) is 3.19. The predicted molar refractivity (Wildman–Crippen MR) is 90.2 cm³/mol. The van der Waals surface area contributed by atoms with Crippen molar-refractivity contribution in [1.82, 2.24) is 24.8 Å². The normalized spacial score (nSPS) is 21.5. The summed E-state index contributed by atoms with van der Waals surface area (Å²) in [5.41, 5.74) is 3.57. The summed E-state index contributed by atoms with van der Waals surface area (Å²) < 4.78 is 0.